The van der Waals surface area contributed by atoms with Crippen LogP contribution in [0, 0.1) is 6.92 Å². The molecule has 0 aliphatic heterocycles. The maximum Gasteiger partial charge on any atom is 0.277 e. The fraction of sp³-hybridized carbons (Fsp3) is 0.333. The lowest BCUT2D eigenvalue weighted by Gasteiger charge is -2.02. The topological polar surface area (TPSA) is 87.1 Å². The molecule has 1 unspecified atom stereocenters. The number of benzene rings is 1. The van der Waals surface area contributed by atoms with Gasteiger partial charge in [0.2, 0.25) is 17.7 Å². The van der Waals surface area contributed by atoms with Crippen molar-refractivity contribution in [1.29, 1.82) is 0 Å². The van der Waals surface area contributed by atoms with Crippen LogP contribution in [0.4, 0.5) is 0 Å². The van der Waals surface area contributed by atoms with Gasteiger partial charge in [-0.25, -0.2) is 0 Å². The Morgan fingerprint density at radius 1 is 1.09 bits per heavy atom. The Hall–Kier alpha value is -2.35. The second-order valence-corrected chi connectivity index (χ2v) is 6.04. The molecule has 3 aromatic rings. The summed E-state index contributed by atoms with van der Waals surface area (Å²) in [6.45, 7) is 6.28. The molecule has 0 saturated carbocycles. The first-order chi connectivity index (χ1) is 11.2. The maximum atomic E-state index is 5.68. The van der Waals surface area contributed by atoms with Gasteiger partial charge in [-0.1, -0.05) is 11.8 Å². The molecule has 7 nitrogen and oxygen atoms in total. The van der Waals surface area contributed by atoms with Crippen LogP contribution < -0.4 is 4.74 Å². The zero-order chi connectivity index (χ0) is 16.2. The smallest absolute Gasteiger partial charge is 0.277 e. The van der Waals surface area contributed by atoms with E-state index in [1.54, 1.807) is 6.92 Å². The Labute approximate surface area is 137 Å². The summed E-state index contributed by atoms with van der Waals surface area (Å²) in [6.07, 6.45) is 0. The highest BCUT2D eigenvalue weighted by Crippen LogP contribution is 2.34. The first kappa shape index (κ1) is 15.5. The van der Waals surface area contributed by atoms with Crippen LogP contribution in [-0.4, -0.2) is 27.0 Å². The second-order valence-electron chi connectivity index (χ2n) is 4.75. The summed E-state index contributed by atoms with van der Waals surface area (Å²) in [5.74, 6) is 2.34. The summed E-state index contributed by atoms with van der Waals surface area (Å²) in [5, 5.41) is 16.3. The number of aryl methyl sites for hydroxylation is 1. The van der Waals surface area contributed by atoms with Crippen molar-refractivity contribution in [3.8, 4) is 17.2 Å². The summed E-state index contributed by atoms with van der Waals surface area (Å²) < 4.78 is 16.5. The molecule has 3 rings (SSSR count). The predicted molar refractivity (Wildman–Crippen MR) is 84.2 cm³/mol. The van der Waals surface area contributed by atoms with Gasteiger partial charge in [-0.15, -0.1) is 20.4 Å². The van der Waals surface area contributed by atoms with E-state index in [1.807, 2.05) is 38.1 Å². The molecule has 0 spiro atoms. The second kappa shape index (κ2) is 6.82. The molecule has 8 heteroatoms. The minimum absolute atomic E-state index is 0.0650. The van der Waals surface area contributed by atoms with Gasteiger partial charge in [0.15, 0.2) is 0 Å². The van der Waals surface area contributed by atoms with Gasteiger partial charge in [-0.05, 0) is 38.1 Å². The number of hydrogen-bond acceptors (Lipinski definition) is 8. The van der Waals surface area contributed by atoms with Crippen molar-refractivity contribution in [1.82, 2.24) is 20.4 Å². The highest BCUT2D eigenvalue weighted by Gasteiger charge is 2.18. The summed E-state index contributed by atoms with van der Waals surface area (Å²) >= 11 is 1.38. The highest BCUT2D eigenvalue weighted by molar-refractivity contribution is 7.99. The van der Waals surface area contributed by atoms with E-state index in [1.165, 1.54) is 11.8 Å². The third-order valence-electron chi connectivity index (χ3n) is 2.99. The van der Waals surface area contributed by atoms with E-state index in [-0.39, 0.29) is 5.25 Å². The SMILES string of the molecule is CCOc1ccc(-c2nnc(SC(C)c3nnc(C)o3)o2)cc1. The third kappa shape index (κ3) is 3.70. The lowest BCUT2D eigenvalue weighted by atomic mass is 10.2. The van der Waals surface area contributed by atoms with Crippen molar-refractivity contribution < 1.29 is 13.6 Å². The van der Waals surface area contributed by atoms with Crippen LogP contribution in [0.1, 0.15) is 30.9 Å². The van der Waals surface area contributed by atoms with Crippen LogP contribution in [-0.2, 0) is 0 Å². The molecule has 0 aliphatic carbocycles. The summed E-state index contributed by atoms with van der Waals surface area (Å²) in [7, 11) is 0. The number of rotatable bonds is 6. The quantitative estimate of drug-likeness (QED) is 0.632. The van der Waals surface area contributed by atoms with Gasteiger partial charge in [0, 0.05) is 12.5 Å². The Morgan fingerprint density at radius 3 is 2.52 bits per heavy atom. The van der Waals surface area contributed by atoms with Crippen molar-refractivity contribution in [3.63, 3.8) is 0 Å². The van der Waals surface area contributed by atoms with Gasteiger partial charge in [0.25, 0.3) is 5.22 Å². The van der Waals surface area contributed by atoms with E-state index >= 15 is 0 Å². The molecule has 0 radical (unpaired) electrons. The number of hydrogen-bond donors (Lipinski definition) is 0. The fourth-order valence-electron chi connectivity index (χ4n) is 1.91. The minimum Gasteiger partial charge on any atom is -0.494 e. The molecule has 0 bridgehead atoms. The molecule has 0 N–H and O–H groups in total. The van der Waals surface area contributed by atoms with Gasteiger partial charge in [-0.3, -0.25) is 0 Å². The third-order valence-corrected chi connectivity index (χ3v) is 3.91. The minimum atomic E-state index is -0.0650. The van der Waals surface area contributed by atoms with Crippen LogP contribution in [0.2, 0.25) is 0 Å². The number of ether oxygens (including phenoxy) is 1. The average Bonchev–Trinajstić information content (AvgIpc) is 3.18. The molecule has 1 atom stereocenters. The molecular weight excluding hydrogens is 316 g/mol. The zero-order valence-electron chi connectivity index (χ0n) is 13.0. The fourth-order valence-corrected chi connectivity index (χ4v) is 2.63. The van der Waals surface area contributed by atoms with E-state index in [2.05, 4.69) is 20.4 Å². The van der Waals surface area contributed by atoms with Gasteiger partial charge in [0.05, 0.1) is 11.9 Å². The maximum absolute atomic E-state index is 5.68. The van der Waals surface area contributed by atoms with Crippen LogP contribution in [0.25, 0.3) is 11.5 Å². The van der Waals surface area contributed by atoms with Crippen LogP contribution in [0.15, 0.2) is 38.3 Å². The molecule has 1 aromatic carbocycles. The van der Waals surface area contributed by atoms with Crippen molar-refractivity contribution in [2.75, 3.05) is 6.61 Å². The van der Waals surface area contributed by atoms with Gasteiger partial charge < -0.3 is 13.6 Å². The van der Waals surface area contributed by atoms with Crippen molar-refractivity contribution in [2.24, 2.45) is 0 Å². The Balaban J connectivity index is 1.70. The number of thioether (sulfide) groups is 1. The molecule has 23 heavy (non-hydrogen) atoms. The molecule has 0 amide bonds. The number of aromatic nitrogens is 4. The van der Waals surface area contributed by atoms with E-state index in [9.17, 15) is 0 Å². The van der Waals surface area contributed by atoms with Gasteiger partial charge in [-0.2, -0.15) is 0 Å². The van der Waals surface area contributed by atoms with Gasteiger partial charge >= 0.3 is 0 Å². The molecule has 120 valence electrons. The monoisotopic (exact) mass is 332 g/mol. The summed E-state index contributed by atoms with van der Waals surface area (Å²) in [4.78, 5) is 0. The largest absolute Gasteiger partial charge is 0.494 e. The lowest BCUT2D eigenvalue weighted by molar-refractivity contribution is 0.340. The highest BCUT2D eigenvalue weighted by atomic mass is 32.2. The summed E-state index contributed by atoms with van der Waals surface area (Å²) in [5.41, 5.74) is 0.842. The van der Waals surface area contributed by atoms with E-state index in [0.29, 0.717) is 29.5 Å². The molecule has 0 saturated heterocycles. The van der Waals surface area contributed by atoms with Crippen molar-refractivity contribution >= 4 is 11.8 Å². The first-order valence-corrected chi connectivity index (χ1v) is 8.07. The van der Waals surface area contributed by atoms with Crippen LogP contribution in [0.3, 0.4) is 0 Å². The Bertz CT molecular complexity index is 769. The first-order valence-electron chi connectivity index (χ1n) is 7.19. The molecule has 2 heterocycles. The zero-order valence-corrected chi connectivity index (χ0v) is 13.8. The summed E-state index contributed by atoms with van der Waals surface area (Å²) in [6, 6.07) is 7.52. The van der Waals surface area contributed by atoms with Gasteiger partial charge in [0.1, 0.15) is 5.75 Å². The average molecular weight is 332 g/mol. The van der Waals surface area contributed by atoms with Crippen molar-refractivity contribution in [3.05, 3.63) is 36.0 Å². The Kier molecular flexibility index (Phi) is 4.61. The number of nitrogens with zero attached hydrogens (tertiary/aromatic N) is 4. The lowest BCUT2D eigenvalue weighted by Crippen LogP contribution is -1.90. The molecule has 0 aliphatic rings. The van der Waals surface area contributed by atoms with Crippen LogP contribution >= 0.6 is 11.8 Å². The van der Waals surface area contributed by atoms with E-state index in [0.717, 1.165) is 11.3 Å². The van der Waals surface area contributed by atoms with E-state index < -0.39 is 0 Å². The normalized spacial score (nSPS) is 12.3. The Morgan fingerprint density at radius 2 is 1.87 bits per heavy atom. The van der Waals surface area contributed by atoms with Crippen molar-refractivity contribution in [2.45, 2.75) is 31.2 Å². The van der Waals surface area contributed by atoms with E-state index in [4.69, 9.17) is 13.6 Å². The van der Waals surface area contributed by atoms with Crippen LogP contribution in [0.5, 0.6) is 5.75 Å². The molecule has 0 fully saturated rings. The molecule has 2 aromatic heterocycles. The predicted octanol–water partition coefficient (Wildman–Crippen LogP) is 3.68. The standard InChI is InChI=1S/C15H16N4O3S/c1-4-20-12-7-5-11(6-8-12)14-18-19-15(22-14)23-9(2)13-17-16-10(3)21-13/h5-9H,4H2,1-3H3. The molecular formula is C15H16N4O3S.